The van der Waals surface area contributed by atoms with Gasteiger partial charge in [-0.3, -0.25) is 4.98 Å². The predicted molar refractivity (Wildman–Crippen MR) is 76.7 cm³/mol. The molecule has 0 aromatic carbocycles. The summed E-state index contributed by atoms with van der Waals surface area (Å²) in [6.45, 7) is 2.18. The van der Waals surface area contributed by atoms with Gasteiger partial charge in [0.2, 0.25) is 0 Å². The van der Waals surface area contributed by atoms with Gasteiger partial charge < -0.3 is 0 Å². The van der Waals surface area contributed by atoms with Gasteiger partial charge >= 0.3 is 0 Å². The van der Waals surface area contributed by atoms with Gasteiger partial charge in [-0.05, 0) is 67.4 Å². The van der Waals surface area contributed by atoms with Crippen LogP contribution in [0.15, 0.2) is 18.3 Å². The third kappa shape index (κ3) is 1.61. The Morgan fingerprint density at radius 3 is 2.72 bits per heavy atom. The maximum absolute atomic E-state index is 4.55. The quantitative estimate of drug-likeness (QED) is 0.770. The summed E-state index contributed by atoms with van der Waals surface area (Å²) in [6, 6.07) is 4.22. The van der Waals surface area contributed by atoms with Gasteiger partial charge in [0.15, 0.2) is 0 Å². The Kier molecular flexibility index (Phi) is 2.58. The highest BCUT2D eigenvalue weighted by molar-refractivity contribution is 9.09. The first-order valence-electron chi connectivity index (χ1n) is 7.30. The highest BCUT2D eigenvalue weighted by atomic mass is 79.9. The number of fused-ring (bicyclic) bond motifs is 5. The average Bonchev–Trinajstić information content (AvgIpc) is 2.82. The summed E-state index contributed by atoms with van der Waals surface area (Å²) in [5.74, 6) is 5.25. The SMILES string of the molecule is Cc1cccnc1CC(Br)C1C2C3CCC(C3)C12. The number of hydrogen-bond acceptors (Lipinski definition) is 1. The van der Waals surface area contributed by atoms with Crippen molar-refractivity contribution in [1.82, 2.24) is 4.98 Å². The van der Waals surface area contributed by atoms with E-state index in [1.54, 1.807) is 6.42 Å². The van der Waals surface area contributed by atoms with E-state index in [2.05, 4.69) is 33.9 Å². The number of pyridine rings is 1. The Morgan fingerprint density at radius 2 is 2.06 bits per heavy atom. The van der Waals surface area contributed by atoms with Crippen LogP contribution in [0, 0.1) is 36.5 Å². The summed E-state index contributed by atoms with van der Waals surface area (Å²) in [5, 5.41) is 0. The van der Waals surface area contributed by atoms with Gasteiger partial charge in [-0.2, -0.15) is 0 Å². The van der Waals surface area contributed by atoms with Crippen molar-refractivity contribution in [3.63, 3.8) is 0 Å². The fourth-order valence-electron chi connectivity index (χ4n) is 4.93. The van der Waals surface area contributed by atoms with E-state index in [1.165, 1.54) is 24.1 Å². The van der Waals surface area contributed by atoms with E-state index in [1.807, 2.05) is 12.3 Å². The molecule has 3 fully saturated rings. The van der Waals surface area contributed by atoms with Crippen molar-refractivity contribution >= 4 is 15.9 Å². The molecule has 4 rings (SSSR count). The van der Waals surface area contributed by atoms with Crippen molar-refractivity contribution in [2.24, 2.45) is 29.6 Å². The molecule has 96 valence electrons. The topological polar surface area (TPSA) is 12.9 Å². The molecular weight excluding hydrogens is 286 g/mol. The molecule has 0 radical (unpaired) electrons. The number of alkyl halides is 1. The molecule has 1 aromatic rings. The fourth-order valence-corrected chi connectivity index (χ4v) is 5.94. The van der Waals surface area contributed by atoms with E-state index in [0.29, 0.717) is 4.83 Å². The van der Waals surface area contributed by atoms with Gasteiger partial charge in [-0.25, -0.2) is 0 Å². The maximum Gasteiger partial charge on any atom is 0.0443 e. The lowest BCUT2D eigenvalue weighted by Crippen LogP contribution is -2.14. The zero-order valence-corrected chi connectivity index (χ0v) is 12.4. The Labute approximate surface area is 118 Å². The van der Waals surface area contributed by atoms with Crippen molar-refractivity contribution in [3.8, 4) is 0 Å². The highest BCUT2D eigenvalue weighted by Crippen LogP contribution is 2.71. The van der Waals surface area contributed by atoms with Crippen molar-refractivity contribution < 1.29 is 0 Å². The fraction of sp³-hybridized carbons (Fsp3) is 0.688. The van der Waals surface area contributed by atoms with Gasteiger partial charge in [-0.1, -0.05) is 22.0 Å². The second-order valence-electron chi connectivity index (χ2n) is 6.55. The van der Waals surface area contributed by atoms with Crippen LogP contribution in [-0.4, -0.2) is 9.81 Å². The van der Waals surface area contributed by atoms with Crippen LogP contribution >= 0.6 is 15.9 Å². The largest absolute Gasteiger partial charge is 0.261 e. The van der Waals surface area contributed by atoms with Gasteiger partial charge in [-0.15, -0.1) is 0 Å². The summed E-state index contributed by atoms with van der Waals surface area (Å²) in [5.41, 5.74) is 2.63. The van der Waals surface area contributed by atoms with Gasteiger partial charge in [0.25, 0.3) is 0 Å². The van der Waals surface area contributed by atoms with Crippen molar-refractivity contribution in [2.75, 3.05) is 0 Å². The van der Waals surface area contributed by atoms with Crippen molar-refractivity contribution in [3.05, 3.63) is 29.6 Å². The van der Waals surface area contributed by atoms with Crippen molar-refractivity contribution in [1.29, 1.82) is 0 Å². The minimum absolute atomic E-state index is 0.657. The van der Waals surface area contributed by atoms with E-state index >= 15 is 0 Å². The number of rotatable bonds is 3. The number of nitrogens with zero attached hydrogens (tertiary/aromatic N) is 1. The monoisotopic (exact) mass is 305 g/mol. The lowest BCUT2D eigenvalue weighted by atomic mass is 9.98. The lowest BCUT2D eigenvalue weighted by Gasteiger charge is -2.15. The summed E-state index contributed by atoms with van der Waals surface area (Å²) >= 11 is 3.97. The van der Waals surface area contributed by atoms with Crippen LogP contribution in [-0.2, 0) is 6.42 Å². The zero-order chi connectivity index (χ0) is 12.3. The Bertz CT molecular complexity index is 456. The van der Waals surface area contributed by atoms with Crippen LogP contribution in [0.25, 0.3) is 0 Å². The predicted octanol–water partition coefficient (Wildman–Crippen LogP) is 3.99. The minimum Gasteiger partial charge on any atom is -0.261 e. The van der Waals surface area contributed by atoms with E-state index in [-0.39, 0.29) is 0 Å². The first kappa shape index (κ1) is 11.5. The number of aromatic nitrogens is 1. The summed E-state index contributed by atoms with van der Waals surface area (Å²) < 4.78 is 0. The van der Waals surface area contributed by atoms with Gasteiger partial charge in [0.1, 0.15) is 0 Å². The van der Waals surface area contributed by atoms with E-state index in [9.17, 15) is 0 Å². The number of hydrogen-bond donors (Lipinski definition) is 0. The molecule has 5 atom stereocenters. The Balaban J connectivity index is 1.47. The van der Waals surface area contributed by atoms with Gasteiger partial charge in [0, 0.05) is 23.1 Å². The third-order valence-corrected chi connectivity index (χ3v) is 6.65. The third-order valence-electron chi connectivity index (χ3n) is 5.72. The Hall–Kier alpha value is -0.370. The zero-order valence-electron chi connectivity index (χ0n) is 10.8. The first-order valence-corrected chi connectivity index (χ1v) is 8.22. The van der Waals surface area contributed by atoms with E-state index < -0.39 is 0 Å². The van der Waals surface area contributed by atoms with Crippen LogP contribution in [0.5, 0.6) is 0 Å². The molecule has 3 aliphatic carbocycles. The molecule has 3 saturated carbocycles. The molecule has 3 aliphatic rings. The number of aryl methyl sites for hydroxylation is 1. The molecule has 2 bridgehead atoms. The molecule has 1 heterocycles. The molecule has 1 aromatic heterocycles. The maximum atomic E-state index is 4.55. The molecule has 0 aliphatic heterocycles. The van der Waals surface area contributed by atoms with Crippen LogP contribution < -0.4 is 0 Å². The second-order valence-corrected chi connectivity index (χ2v) is 7.73. The minimum atomic E-state index is 0.657. The molecule has 0 N–H and O–H groups in total. The molecule has 0 amide bonds. The molecule has 2 heteroatoms. The van der Waals surface area contributed by atoms with Crippen LogP contribution in [0.3, 0.4) is 0 Å². The molecule has 1 nitrogen and oxygen atoms in total. The molecule has 0 saturated heterocycles. The summed E-state index contributed by atoms with van der Waals surface area (Å²) in [7, 11) is 0. The first-order chi connectivity index (χ1) is 8.75. The van der Waals surface area contributed by atoms with Crippen LogP contribution in [0.4, 0.5) is 0 Å². The summed E-state index contributed by atoms with van der Waals surface area (Å²) in [4.78, 5) is 5.20. The smallest absolute Gasteiger partial charge is 0.0443 e. The molecular formula is C16H20BrN. The van der Waals surface area contributed by atoms with E-state index in [4.69, 9.17) is 0 Å². The highest BCUT2D eigenvalue weighted by Gasteiger charge is 2.66. The van der Waals surface area contributed by atoms with Crippen molar-refractivity contribution in [2.45, 2.75) is 37.4 Å². The lowest BCUT2D eigenvalue weighted by molar-refractivity contribution is 0.454. The van der Waals surface area contributed by atoms with Crippen LogP contribution in [0.2, 0.25) is 0 Å². The van der Waals surface area contributed by atoms with Crippen LogP contribution in [0.1, 0.15) is 30.5 Å². The second kappa shape index (κ2) is 4.06. The molecule has 5 unspecified atom stereocenters. The summed E-state index contributed by atoms with van der Waals surface area (Å²) in [6.07, 6.45) is 7.63. The van der Waals surface area contributed by atoms with E-state index in [0.717, 1.165) is 36.0 Å². The Morgan fingerprint density at radius 1 is 1.33 bits per heavy atom. The molecule has 0 spiro atoms. The molecule has 18 heavy (non-hydrogen) atoms. The van der Waals surface area contributed by atoms with Gasteiger partial charge in [0.05, 0.1) is 0 Å². The standard InChI is InChI=1S/C16H20BrN/c1-9-3-2-6-18-13(9)8-12(17)16-14-10-4-5-11(7-10)15(14)16/h2-3,6,10-12,14-16H,4-5,7-8H2,1H3. The average molecular weight is 306 g/mol. The normalized spacial score (nSPS) is 41.8. The number of halogens is 1.